The van der Waals surface area contributed by atoms with Gasteiger partial charge in [-0.25, -0.2) is 5.43 Å². The number of fused-ring (bicyclic) bond motifs is 1. The van der Waals surface area contributed by atoms with Crippen LogP contribution in [0.4, 0.5) is 0 Å². The van der Waals surface area contributed by atoms with Gasteiger partial charge >= 0.3 is 0 Å². The Kier molecular flexibility index (Phi) is 9.50. The number of aryl methyl sites for hydroxylation is 2. The smallest absolute Gasteiger partial charge is 0.251 e. The normalized spacial score (nSPS) is 13.1. The fraction of sp³-hybridized carbons (Fsp3) is 0.444. The summed E-state index contributed by atoms with van der Waals surface area (Å²) in [6.45, 7) is 2.47. The van der Waals surface area contributed by atoms with Gasteiger partial charge in [0.1, 0.15) is 0 Å². The van der Waals surface area contributed by atoms with Crippen LogP contribution in [0.25, 0.3) is 0 Å². The third kappa shape index (κ3) is 7.07. The third-order valence-electron chi connectivity index (χ3n) is 6.13. The summed E-state index contributed by atoms with van der Waals surface area (Å²) in [4.78, 5) is 24.5. The van der Waals surface area contributed by atoms with Crippen LogP contribution in [-0.4, -0.2) is 38.3 Å². The van der Waals surface area contributed by atoms with E-state index in [9.17, 15) is 9.59 Å². The number of carbonyl (C=O) groups is 2. The van der Waals surface area contributed by atoms with Crippen molar-refractivity contribution in [2.45, 2.75) is 58.3 Å². The first-order chi connectivity index (χ1) is 16.5. The molecule has 0 unspecified atom stereocenters. The third-order valence-corrected chi connectivity index (χ3v) is 6.13. The summed E-state index contributed by atoms with van der Waals surface area (Å²) in [5, 5.41) is 7.18. The molecule has 182 valence electrons. The maximum Gasteiger partial charge on any atom is 0.251 e. The van der Waals surface area contributed by atoms with Crippen molar-refractivity contribution in [2.24, 2.45) is 5.10 Å². The van der Waals surface area contributed by atoms with Crippen LogP contribution >= 0.6 is 0 Å². The van der Waals surface area contributed by atoms with E-state index in [1.807, 2.05) is 6.92 Å². The van der Waals surface area contributed by atoms with Gasteiger partial charge in [-0.3, -0.25) is 9.59 Å². The van der Waals surface area contributed by atoms with E-state index in [1.54, 1.807) is 25.3 Å². The molecule has 0 heterocycles. The van der Waals surface area contributed by atoms with Gasteiger partial charge in [0.2, 0.25) is 5.91 Å². The van der Waals surface area contributed by atoms with E-state index in [1.165, 1.54) is 31.1 Å². The van der Waals surface area contributed by atoms with E-state index < -0.39 is 0 Å². The number of nitrogens with one attached hydrogen (secondary N) is 2. The molecule has 7 nitrogen and oxygen atoms in total. The second kappa shape index (κ2) is 12.8. The molecule has 7 heteroatoms. The predicted molar refractivity (Wildman–Crippen MR) is 134 cm³/mol. The highest BCUT2D eigenvalue weighted by atomic mass is 16.5. The van der Waals surface area contributed by atoms with Crippen LogP contribution in [0, 0.1) is 0 Å². The summed E-state index contributed by atoms with van der Waals surface area (Å²) in [5.41, 5.74) is 7.91. The maximum atomic E-state index is 12.3. The molecular formula is C27H35N3O4. The lowest BCUT2D eigenvalue weighted by Gasteiger charge is -2.16. The minimum atomic E-state index is -0.161. The van der Waals surface area contributed by atoms with Crippen LogP contribution in [-0.2, 0) is 17.6 Å². The van der Waals surface area contributed by atoms with Gasteiger partial charge < -0.3 is 14.8 Å². The lowest BCUT2D eigenvalue weighted by Crippen LogP contribution is -2.24. The Morgan fingerprint density at radius 1 is 0.882 bits per heavy atom. The molecule has 2 N–H and O–H groups in total. The van der Waals surface area contributed by atoms with Crippen molar-refractivity contribution in [3.8, 4) is 11.5 Å². The van der Waals surface area contributed by atoms with E-state index in [4.69, 9.17) is 9.47 Å². The Labute approximate surface area is 201 Å². The molecule has 0 saturated carbocycles. The van der Waals surface area contributed by atoms with Gasteiger partial charge in [0, 0.05) is 18.5 Å². The Morgan fingerprint density at radius 3 is 2.38 bits per heavy atom. The van der Waals surface area contributed by atoms with Crippen LogP contribution < -0.4 is 20.2 Å². The van der Waals surface area contributed by atoms with Crippen molar-refractivity contribution in [2.75, 3.05) is 20.8 Å². The van der Waals surface area contributed by atoms with Gasteiger partial charge in [-0.05, 0) is 86.4 Å². The lowest BCUT2D eigenvalue weighted by atomic mass is 9.90. The van der Waals surface area contributed by atoms with Crippen LogP contribution in [0.15, 0.2) is 41.5 Å². The Bertz CT molecular complexity index is 1030. The molecule has 0 radical (unpaired) electrons. The van der Waals surface area contributed by atoms with Gasteiger partial charge in [-0.1, -0.05) is 18.6 Å². The SMILES string of the molecule is COc1ccc(C(=O)NCCCCCC(=O)N/N=C(/C)c2ccc3c(c2)CCCC3)cc1OC. The molecule has 0 fully saturated rings. The number of hydrazone groups is 1. The van der Waals surface area contributed by atoms with Gasteiger partial charge in [0.05, 0.1) is 19.9 Å². The van der Waals surface area contributed by atoms with E-state index in [-0.39, 0.29) is 11.8 Å². The number of hydrogen-bond donors (Lipinski definition) is 2. The minimum absolute atomic E-state index is 0.0910. The number of amides is 2. The number of hydrogen-bond acceptors (Lipinski definition) is 5. The average Bonchev–Trinajstić information content (AvgIpc) is 2.88. The molecular weight excluding hydrogens is 430 g/mol. The molecule has 0 spiro atoms. The summed E-state index contributed by atoms with van der Waals surface area (Å²) < 4.78 is 10.4. The molecule has 2 aromatic carbocycles. The van der Waals surface area contributed by atoms with Crippen molar-refractivity contribution in [1.29, 1.82) is 0 Å². The zero-order valence-electron chi connectivity index (χ0n) is 20.4. The number of unbranched alkanes of at least 4 members (excludes halogenated alkanes) is 2. The van der Waals surface area contributed by atoms with Crippen LogP contribution in [0.5, 0.6) is 11.5 Å². The van der Waals surface area contributed by atoms with Crippen molar-refractivity contribution >= 4 is 17.5 Å². The van der Waals surface area contributed by atoms with Crippen molar-refractivity contribution in [3.05, 3.63) is 58.7 Å². The topological polar surface area (TPSA) is 89.0 Å². The molecule has 0 aromatic heterocycles. The van der Waals surface area contributed by atoms with Crippen LogP contribution in [0.2, 0.25) is 0 Å². The minimum Gasteiger partial charge on any atom is -0.493 e. The standard InChI is InChI=1S/C27H35N3O4/c1-19(21-13-12-20-9-6-7-10-22(20)17-21)29-30-26(31)11-5-4-8-16-28-27(32)23-14-15-24(33-2)25(18-23)34-3/h12-15,17-18H,4-11,16H2,1-3H3,(H,28,32)(H,30,31)/b29-19-. The van der Waals surface area contributed by atoms with Gasteiger partial charge in [-0.15, -0.1) is 0 Å². The van der Waals surface area contributed by atoms with Crippen LogP contribution in [0.3, 0.4) is 0 Å². The number of nitrogens with zero attached hydrogens (tertiary/aromatic N) is 1. The second-order valence-corrected chi connectivity index (χ2v) is 8.56. The summed E-state index contributed by atoms with van der Waals surface area (Å²) in [7, 11) is 3.09. The maximum absolute atomic E-state index is 12.3. The highest BCUT2D eigenvalue weighted by molar-refractivity contribution is 5.99. The predicted octanol–water partition coefficient (Wildman–Crippen LogP) is 4.41. The number of ether oxygens (including phenoxy) is 2. The largest absolute Gasteiger partial charge is 0.493 e. The Hall–Kier alpha value is -3.35. The van der Waals surface area contributed by atoms with Crippen molar-refractivity contribution in [3.63, 3.8) is 0 Å². The monoisotopic (exact) mass is 465 g/mol. The van der Waals surface area contributed by atoms with Gasteiger partial charge in [0.25, 0.3) is 5.91 Å². The summed E-state index contributed by atoms with van der Waals surface area (Å²) in [5.74, 6) is 0.850. The first kappa shape index (κ1) is 25.3. The molecule has 1 aliphatic carbocycles. The average molecular weight is 466 g/mol. The highest BCUT2D eigenvalue weighted by Crippen LogP contribution is 2.27. The summed E-state index contributed by atoms with van der Waals surface area (Å²) in [6, 6.07) is 11.6. The number of rotatable bonds is 11. The van der Waals surface area contributed by atoms with Crippen molar-refractivity contribution < 1.29 is 19.1 Å². The molecule has 2 amide bonds. The lowest BCUT2D eigenvalue weighted by molar-refractivity contribution is -0.121. The molecule has 0 saturated heterocycles. The molecule has 0 bridgehead atoms. The number of methoxy groups -OCH3 is 2. The van der Waals surface area contributed by atoms with E-state index in [0.717, 1.165) is 43.4 Å². The van der Waals surface area contributed by atoms with Crippen LogP contribution in [0.1, 0.15) is 72.5 Å². The van der Waals surface area contributed by atoms with E-state index >= 15 is 0 Å². The Balaban J connectivity index is 1.33. The number of carbonyl (C=O) groups excluding carboxylic acids is 2. The fourth-order valence-corrected chi connectivity index (χ4v) is 4.09. The van der Waals surface area contributed by atoms with E-state index in [0.29, 0.717) is 30.0 Å². The highest BCUT2D eigenvalue weighted by Gasteiger charge is 2.12. The molecule has 1 aliphatic rings. The molecule has 0 aliphatic heterocycles. The zero-order valence-corrected chi connectivity index (χ0v) is 20.4. The molecule has 2 aromatic rings. The quantitative estimate of drug-likeness (QED) is 0.292. The number of benzene rings is 2. The zero-order chi connectivity index (χ0) is 24.3. The molecule has 3 rings (SSSR count). The summed E-state index contributed by atoms with van der Waals surface area (Å²) in [6.07, 6.45) is 7.57. The Morgan fingerprint density at radius 2 is 1.62 bits per heavy atom. The van der Waals surface area contributed by atoms with E-state index in [2.05, 4.69) is 34.0 Å². The second-order valence-electron chi connectivity index (χ2n) is 8.56. The molecule has 34 heavy (non-hydrogen) atoms. The van der Waals surface area contributed by atoms with Gasteiger partial charge in [-0.2, -0.15) is 5.10 Å². The molecule has 0 atom stereocenters. The first-order valence-corrected chi connectivity index (χ1v) is 12.0. The fourth-order valence-electron chi connectivity index (χ4n) is 4.09. The van der Waals surface area contributed by atoms with Crippen molar-refractivity contribution in [1.82, 2.24) is 10.7 Å². The summed E-state index contributed by atoms with van der Waals surface area (Å²) >= 11 is 0. The van der Waals surface area contributed by atoms with Gasteiger partial charge in [0.15, 0.2) is 11.5 Å². The first-order valence-electron chi connectivity index (χ1n) is 12.0.